The lowest BCUT2D eigenvalue weighted by molar-refractivity contribution is -0.123. The number of benzene rings is 4. The van der Waals surface area contributed by atoms with Crippen molar-refractivity contribution in [3.8, 4) is 11.1 Å². The van der Waals surface area contributed by atoms with Crippen molar-refractivity contribution in [3.05, 3.63) is 120 Å². The van der Waals surface area contributed by atoms with Gasteiger partial charge in [-0.3, -0.25) is 9.59 Å². The summed E-state index contributed by atoms with van der Waals surface area (Å²) in [5, 5.41) is 6.12. The molecule has 2 amide bonds. The van der Waals surface area contributed by atoms with Gasteiger partial charge in [-0.05, 0) is 79.6 Å². The summed E-state index contributed by atoms with van der Waals surface area (Å²) in [7, 11) is 0. The van der Waals surface area contributed by atoms with E-state index < -0.39 is 0 Å². The van der Waals surface area contributed by atoms with E-state index in [1.807, 2.05) is 73.7 Å². The third-order valence-electron chi connectivity index (χ3n) is 7.79. The van der Waals surface area contributed by atoms with Crippen LogP contribution in [0.4, 0.5) is 11.4 Å². The molecule has 1 saturated heterocycles. The van der Waals surface area contributed by atoms with Crippen LogP contribution in [0, 0.1) is 12.8 Å². The van der Waals surface area contributed by atoms with Crippen molar-refractivity contribution in [2.75, 3.05) is 29.9 Å². The molecule has 1 atom stereocenters. The van der Waals surface area contributed by atoms with Gasteiger partial charge >= 0.3 is 0 Å². The summed E-state index contributed by atoms with van der Waals surface area (Å²) in [6.07, 6.45) is 1.90. The van der Waals surface area contributed by atoms with Crippen LogP contribution < -0.4 is 15.5 Å². The molecule has 0 bridgehead atoms. The maximum atomic E-state index is 13.2. The second kappa shape index (κ2) is 12.6. The second-order valence-corrected chi connectivity index (χ2v) is 10.5. The number of likely N-dealkylation sites (N-methyl/N-ethyl adjacent to an activating group) is 1. The molecule has 0 radical (unpaired) electrons. The molecule has 0 aromatic heterocycles. The predicted octanol–water partition coefficient (Wildman–Crippen LogP) is 7.05. The third-order valence-corrected chi connectivity index (χ3v) is 7.79. The number of anilines is 2. The molecule has 5 rings (SSSR count). The third kappa shape index (κ3) is 6.26. The lowest BCUT2D eigenvalue weighted by Gasteiger charge is -2.37. The molecule has 0 aliphatic carbocycles. The van der Waals surface area contributed by atoms with Gasteiger partial charge in [-0.25, -0.2) is 0 Å². The first kappa shape index (κ1) is 27.2. The van der Waals surface area contributed by atoms with Crippen molar-refractivity contribution < 1.29 is 9.59 Å². The smallest absolute Gasteiger partial charge is 0.256 e. The first-order chi connectivity index (χ1) is 19.5. The van der Waals surface area contributed by atoms with E-state index in [0.717, 1.165) is 59.6 Å². The van der Waals surface area contributed by atoms with E-state index >= 15 is 0 Å². The number of nitrogens with zero attached hydrogens (tertiary/aromatic N) is 1. The first-order valence-electron chi connectivity index (χ1n) is 14.2. The predicted molar refractivity (Wildman–Crippen MR) is 164 cm³/mol. The molecular formula is C35H37N3O2. The highest BCUT2D eigenvalue weighted by atomic mass is 16.2. The van der Waals surface area contributed by atoms with Gasteiger partial charge in [0, 0.05) is 36.6 Å². The Labute approximate surface area is 237 Å². The van der Waals surface area contributed by atoms with Gasteiger partial charge in [0.1, 0.15) is 0 Å². The van der Waals surface area contributed by atoms with Gasteiger partial charge in [-0.2, -0.15) is 0 Å². The fourth-order valence-corrected chi connectivity index (χ4v) is 5.77. The Morgan fingerprint density at radius 1 is 0.850 bits per heavy atom. The van der Waals surface area contributed by atoms with E-state index in [2.05, 4.69) is 58.9 Å². The van der Waals surface area contributed by atoms with Crippen LogP contribution in [-0.2, 0) is 4.79 Å². The molecule has 5 heteroatoms. The summed E-state index contributed by atoms with van der Waals surface area (Å²) in [5.41, 5.74) is 6.76. The van der Waals surface area contributed by atoms with Crippen molar-refractivity contribution in [1.82, 2.24) is 5.32 Å². The average Bonchev–Trinajstić information content (AvgIpc) is 2.99. The van der Waals surface area contributed by atoms with Crippen LogP contribution in [0.25, 0.3) is 11.1 Å². The van der Waals surface area contributed by atoms with Crippen LogP contribution in [0.2, 0.25) is 0 Å². The first-order valence-corrected chi connectivity index (χ1v) is 14.2. The van der Waals surface area contributed by atoms with Gasteiger partial charge in [0.05, 0.1) is 5.92 Å². The van der Waals surface area contributed by atoms with Gasteiger partial charge in [-0.1, -0.05) is 78.4 Å². The Balaban J connectivity index is 1.23. The molecule has 1 unspecified atom stereocenters. The van der Waals surface area contributed by atoms with E-state index in [4.69, 9.17) is 0 Å². The van der Waals surface area contributed by atoms with Crippen LogP contribution in [0.1, 0.15) is 47.2 Å². The number of piperidine rings is 1. The van der Waals surface area contributed by atoms with E-state index in [-0.39, 0.29) is 17.7 Å². The lowest BCUT2D eigenvalue weighted by Crippen LogP contribution is -2.40. The molecule has 5 nitrogen and oxygen atoms in total. The quantitative estimate of drug-likeness (QED) is 0.256. The molecule has 40 heavy (non-hydrogen) atoms. The standard InChI is InChI=1S/C35H37N3O2/c1-3-36-35(40)33(26-11-5-4-6-12-26)27-20-22-38(23-21-27)30-18-16-29(17-19-30)37-34(39)32-15-8-7-14-31(32)28-13-9-10-25(2)24-28/h4-19,24,27,33H,3,20-23H2,1-2H3,(H,36,40)(H,37,39). The Morgan fingerprint density at radius 2 is 1.55 bits per heavy atom. The van der Waals surface area contributed by atoms with Crippen molar-refractivity contribution >= 4 is 23.2 Å². The zero-order valence-electron chi connectivity index (χ0n) is 23.3. The van der Waals surface area contributed by atoms with Gasteiger partial charge in [-0.15, -0.1) is 0 Å². The number of rotatable bonds is 8. The van der Waals surface area contributed by atoms with E-state index in [9.17, 15) is 9.59 Å². The summed E-state index contributed by atoms with van der Waals surface area (Å²) in [6.45, 7) is 6.45. The normalized spacial score (nSPS) is 14.4. The minimum absolute atomic E-state index is 0.121. The zero-order chi connectivity index (χ0) is 27.9. The van der Waals surface area contributed by atoms with Gasteiger partial charge in [0.2, 0.25) is 5.91 Å². The number of nitrogens with one attached hydrogen (secondary N) is 2. The van der Waals surface area contributed by atoms with Crippen LogP contribution >= 0.6 is 0 Å². The Bertz CT molecular complexity index is 1440. The lowest BCUT2D eigenvalue weighted by atomic mass is 9.79. The Kier molecular flexibility index (Phi) is 8.60. The average molecular weight is 532 g/mol. The molecular weight excluding hydrogens is 494 g/mol. The van der Waals surface area contributed by atoms with Crippen LogP contribution in [0.5, 0.6) is 0 Å². The highest BCUT2D eigenvalue weighted by Crippen LogP contribution is 2.35. The van der Waals surface area contributed by atoms with Crippen LogP contribution in [0.15, 0.2) is 103 Å². The minimum Gasteiger partial charge on any atom is -0.372 e. The van der Waals surface area contributed by atoms with Gasteiger partial charge < -0.3 is 15.5 Å². The second-order valence-electron chi connectivity index (χ2n) is 10.5. The fraction of sp³-hybridized carbons (Fsp3) is 0.257. The molecule has 2 N–H and O–H groups in total. The number of aryl methyl sites for hydroxylation is 1. The number of hydrogen-bond donors (Lipinski definition) is 2. The highest BCUT2D eigenvalue weighted by molar-refractivity contribution is 6.08. The van der Waals surface area contributed by atoms with E-state index in [1.54, 1.807) is 0 Å². The van der Waals surface area contributed by atoms with Crippen LogP contribution in [-0.4, -0.2) is 31.4 Å². The molecule has 0 saturated carbocycles. The molecule has 0 spiro atoms. The number of amides is 2. The Morgan fingerprint density at radius 3 is 2.25 bits per heavy atom. The van der Waals surface area contributed by atoms with Crippen LogP contribution in [0.3, 0.4) is 0 Å². The summed E-state index contributed by atoms with van der Waals surface area (Å²) in [6, 6.07) is 34.2. The van der Waals surface area contributed by atoms with E-state index in [1.165, 1.54) is 0 Å². The molecule has 4 aromatic carbocycles. The van der Waals surface area contributed by atoms with Crippen molar-refractivity contribution in [1.29, 1.82) is 0 Å². The topological polar surface area (TPSA) is 61.4 Å². The maximum Gasteiger partial charge on any atom is 0.256 e. The number of carbonyl (C=O) groups is 2. The molecule has 1 aliphatic rings. The van der Waals surface area contributed by atoms with Crippen molar-refractivity contribution in [3.63, 3.8) is 0 Å². The molecule has 1 fully saturated rings. The van der Waals surface area contributed by atoms with Crippen molar-refractivity contribution in [2.45, 2.75) is 32.6 Å². The molecule has 204 valence electrons. The summed E-state index contributed by atoms with van der Waals surface area (Å²) in [4.78, 5) is 28.6. The number of hydrogen-bond acceptors (Lipinski definition) is 3. The Hall–Kier alpha value is -4.38. The molecule has 1 aliphatic heterocycles. The minimum atomic E-state index is -0.122. The fourth-order valence-electron chi connectivity index (χ4n) is 5.77. The van der Waals surface area contributed by atoms with E-state index in [0.29, 0.717) is 18.0 Å². The van der Waals surface area contributed by atoms with Gasteiger partial charge in [0.25, 0.3) is 5.91 Å². The summed E-state index contributed by atoms with van der Waals surface area (Å²) in [5.74, 6) is 0.181. The highest BCUT2D eigenvalue weighted by Gasteiger charge is 2.32. The summed E-state index contributed by atoms with van der Waals surface area (Å²) >= 11 is 0. The van der Waals surface area contributed by atoms with Crippen molar-refractivity contribution in [2.24, 2.45) is 5.92 Å². The number of carbonyl (C=O) groups excluding carboxylic acids is 2. The maximum absolute atomic E-state index is 13.2. The monoisotopic (exact) mass is 531 g/mol. The molecule has 1 heterocycles. The zero-order valence-corrected chi connectivity index (χ0v) is 23.3. The summed E-state index contributed by atoms with van der Waals surface area (Å²) < 4.78 is 0. The SMILES string of the molecule is CCNC(=O)C(c1ccccc1)C1CCN(c2ccc(NC(=O)c3ccccc3-c3cccc(C)c3)cc2)CC1. The largest absolute Gasteiger partial charge is 0.372 e. The van der Waals surface area contributed by atoms with Gasteiger partial charge in [0.15, 0.2) is 0 Å². The molecule has 4 aromatic rings.